The molecule has 78 valence electrons. The first-order valence-electron chi connectivity index (χ1n) is 5.15. The minimum absolute atomic E-state index is 0.0290. The van der Waals surface area contributed by atoms with Crippen molar-refractivity contribution in [3.8, 4) is 0 Å². The molecule has 3 nitrogen and oxygen atoms in total. The first-order chi connectivity index (χ1) is 6.03. The van der Waals surface area contributed by atoms with Crippen LogP contribution in [0.1, 0.15) is 27.2 Å². The van der Waals surface area contributed by atoms with E-state index in [0.717, 1.165) is 32.7 Å². The van der Waals surface area contributed by atoms with E-state index in [4.69, 9.17) is 10.5 Å². The fraction of sp³-hybridized carbons (Fsp3) is 1.00. The molecule has 0 bridgehead atoms. The molecule has 0 spiro atoms. The zero-order chi connectivity index (χ0) is 9.90. The molecule has 1 saturated heterocycles. The third-order valence-electron chi connectivity index (χ3n) is 2.45. The van der Waals surface area contributed by atoms with Crippen LogP contribution in [0.3, 0.4) is 0 Å². The van der Waals surface area contributed by atoms with E-state index in [0.29, 0.717) is 6.04 Å². The molecule has 1 unspecified atom stereocenters. The molecular weight excluding hydrogens is 164 g/mol. The maximum absolute atomic E-state index is 5.84. The highest BCUT2D eigenvalue weighted by Gasteiger charge is 2.26. The van der Waals surface area contributed by atoms with E-state index >= 15 is 0 Å². The Hall–Kier alpha value is -0.120. The molecule has 0 amide bonds. The van der Waals surface area contributed by atoms with Crippen molar-refractivity contribution in [1.29, 1.82) is 0 Å². The Balaban J connectivity index is 2.30. The number of rotatable bonds is 4. The quantitative estimate of drug-likeness (QED) is 0.707. The first kappa shape index (κ1) is 11.0. The van der Waals surface area contributed by atoms with Crippen LogP contribution in [0, 0.1) is 0 Å². The molecule has 1 rings (SSSR count). The average Bonchev–Trinajstić information content (AvgIpc) is 2.34. The Kier molecular flexibility index (Phi) is 3.71. The molecule has 1 fully saturated rings. The number of likely N-dealkylation sites (tertiary alicyclic amines) is 1. The van der Waals surface area contributed by atoms with Crippen LogP contribution in [-0.4, -0.2) is 42.8 Å². The lowest BCUT2D eigenvalue weighted by molar-refractivity contribution is -0.0303. The lowest BCUT2D eigenvalue weighted by Gasteiger charge is -2.29. The van der Waals surface area contributed by atoms with Gasteiger partial charge in [-0.25, -0.2) is 0 Å². The molecular formula is C10H22N2O. The molecule has 1 aliphatic rings. The van der Waals surface area contributed by atoms with Crippen LogP contribution >= 0.6 is 0 Å². The van der Waals surface area contributed by atoms with Gasteiger partial charge in [0.25, 0.3) is 0 Å². The number of ether oxygens (including phenoxy) is 1. The molecule has 1 aliphatic heterocycles. The molecule has 1 heterocycles. The van der Waals surface area contributed by atoms with Crippen molar-refractivity contribution in [2.45, 2.75) is 38.8 Å². The van der Waals surface area contributed by atoms with Gasteiger partial charge in [0, 0.05) is 25.7 Å². The summed E-state index contributed by atoms with van der Waals surface area (Å²) in [6, 6.07) is 0.373. The minimum atomic E-state index is -0.0290. The summed E-state index contributed by atoms with van der Waals surface area (Å²) in [4.78, 5) is 2.39. The normalized spacial score (nSPS) is 25.4. The lowest BCUT2D eigenvalue weighted by atomic mass is 10.1. The molecule has 0 aliphatic carbocycles. The highest BCUT2D eigenvalue weighted by atomic mass is 16.5. The Morgan fingerprint density at radius 3 is 2.69 bits per heavy atom. The molecule has 0 aromatic rings. The second-order valence-corrected chi connectivity index (χ2v) is 4.48. The van der Waals surface area contributed by atoms with Crippen LogP contribution in [0.25, 0.3) is 0 Å². The maximum Gasteiger partial charge on any atom is 0.0752 e. The van der Waals surface area contributed by atoms with Crippen LogP contribution < -0.4 is 5.73 Å². The van der Waals surface area contributed by atoms with Crippen molar-refractivity contribution in [1.82, 2.24) is 4.90 Å². The minimum Gasteiger partial charge on any atom is -0.375 e. The summed E-state index contributed by atoms with van der Waals surface area (Å²) < 4.78 is 5.64. The summed E-state index contributed by atoms with van der Waals surface area (Å²) in [6.45, 7) is 10.2. The van der Waals surface area contributed by atoms with E-state index < -0.39 is 0 Å². The van der Waals surface area contributed by atoms with Crippen LogP contribution in [0.4, 0.5) is 0 Å². The zero-order valence-corrected chi connectivity index (χ0v) is 9.05. The first-order valence-corrected chi connectivity index (χ1v) is 5.15. The van der Waals surface area contributed by atoms with Crippen LogP contribution in [0.15, 0.2) is 0 Å². The van der Waals surface area contributed by atoms with Gasteiger partial charge in [0.2, 0.25) is 0 Å². The van der Waals surface area contributed by atoms with E-state index in [1.165, 1.54) is 0 Å². The second kappa shape index (κ2) is 4.40. The zero-order valence-electron chi connectivity index (χ0n) is 9.05. The Labute approximate surface area is 81.2 Å². The van der Waals surface area contributed by atoms with E-state index in [1.54, 1.807) is 0 Å². The van der Waals surface area contributed by atoms with Crippen molar-refractivity contribution >= 4 is 0 Å². The summed E-state index contributed by atoms with van der Waals surface area (Å²) in [6.07, 6.45) is 1.13. The third kappa shape index (κ3) is 3.63. The number of hydrogen-bond donors (Lipinski definition) is 1. The van der Waals surface area contributed by atoms with Crippen molar-refractivity contribution in [3.63, 3.8) is 0 Å². The SMILES string of the molecule is CCOC(C)(C)CN1CCC(N)C1. The largest absolute Gasteiger partial charge is 0.375 e. The maximum atomic E-state index is 5.84. The fourth-order valence-electron chi connectivity index (χ4n) is 1.98. The number of nitrogens with two attached hydrogens (primary N) is 1. The second-order valence-electron chi connectivity index (χ2n) is 4.48. The number of nitrogens with zero attached hydrogens (tertiary/aromatic N) is 1. The van der Waals surface area contributed by atoms with Gasteiger partial charge in [-0.2, -0.15) is 0 Å². The van der Waals surface area contributed by atoms with E-state index in [2.05, 4.69) is 18.7 Å². The van der Waals surface area contributed by atoms with Crippen molar-refractivity contribution in [3.05, 3.63) is 0 Å². The van der Waals surface area contributed by atoms with E-state index in [-0.39, 0.29) is 5.60 Å². The van der Waals surface area contributed by atoms with Gasteiger partial charge in [0.1, 0.15) is 0 Å². The third-order valence-corrected chi connectivity index (χ3v) is 2.45. The van der Waals surface area contributed by atoms with Crippen molar-refractivity contribution < 1.29 is 4.74 Å². The molecule has 0 radical (unpaired) electrons. The highest BCUT2D eigenvalue weighted by molar-refractivity contribution is 4.83. The van der Waals surface area contributed by atoms with Gasteiger partial charge in [0.05, 0.1) is 5.60 Å². The van der Waals surface area contributed by atoms with Crippen molar-refractivity contribution in [2.75, 3.05) is 26.2 Å². The monoisotopic (exact) mass is 186 g/mol. The van der Waals surface area contributed by atoms with Gasteiger partial charge in [-0.3, -0.25) is 4.90 Å². The topological polar surface area (TPSA) is 38.5 Å². The van der Waals surface area contributed by atoms with E-state index in [9.17, 15) is 0 Å². The summed E-state index contributed by atoms with van der Waals surface area (Å²) in [5.41, 5.74) is 5.81. The van der Waals surface area contributed by atoms with Gasteiger partial charge in [-0.05, 0) is 33.7 Å². The van der Waals surface area contributed by atoms with Gasteiger partial charge < -0.3 is 10.5 Å². The van der Waals surface area contributed by atoms with Crippen LogP contribution in [-0.2, 0) is 4.74 Å². The number of hydrogen-bond acceptors (Lipinski definition) is 3. The standard InChI is InChI=1S/C10H22N2O/c1-4-13-10(2,3)8-12-6-5-9(11)7-12/h9H,4-8,11H2,1-3H3. The Morgan fingerprint density at radius 2 is 2.23 bits per heavy atom. The predicted molar refractivity (Wildman–Crippen MR) is 54.7 cm³/mol. The average molecular weight is 186 g/mol. The Morgan fingerprint density at radius 1 is 1.54 bits per heavy atom. The summed E-state index contributed by atoms with van der Waals surface area (Å²) in [5, 5.41) is 0. The van der Waals surface area contributed by atoms with Gasteiger partial charge in [-0.1, -0.05) is 0 Å². The Bertz CT molecular complexity index is 159. The molecule has 3 heteroatoms. The molecule has 1 atom stereocenters. The molecule has 0 saturated carbocycles. The van der Waals surface area contributed by atoms with Gasteiger partial charge in [-0.15, -0.1) is 0 Å². The smallest absolute Gasteiger partial charge is 0.0752 e. The molecule has 0 aromatic heterocycles. The molecule has 2 N–H and O–H groups in total. The predicted octanol–water partition coefficient (Wildman–Crippen LogP) is 0.835. The van der Waals surface area contributed by atoms with Gasteiger partial charge in [0.15, 0.2) is 0 Å². The van der Waals surface area contributed by atoms with Gasteiger partial charge >= 0.3 is 0 Å². The van der Waals surface area contributed by atoms with E-state index in [1.807, 2.05) is 6.92 Å². The van der Waals surface area contributed by atoms with Crippen molar-refractivity contribution in [2.24, 2.45) is 5.73 Å². The summed E-state index contributed by atoms with van der Waals surface area (Å²) in [5.74, 6) is 0. The lowest BCUT2D eigenvalue weighted by Crippen LogP contribution is -2.40. The summed E-state index contributed by atoms with van der Waals surface area (Å²) in [7, 11) is 0. The molecule has 13 heavy (non-hydrogen) atoms. The van der Waals surface area contributed by atoms with Crippen LogP contribution in [0.5, 0.6) is 0 Å². The summed E-state index contributed by atoms with van der Waals surface area (Å²) >= 11 is 0. The molecule has 0 aromatic carbocycles. The van der Waals surface area contributed by atoms with Crippen LogP contribution in [0.2, 0.25) is 0 Å². The highest BCUT2D eigenvalue weighted by Crippen LogP contribution is 2.15. The fourth-order valence-corrected chi connectivity index (χ4v) is 1.98.